The van der Waals surface area contributed by atoms with Crippen molar-refractivity contribution in [2.24, 2.45) is 0 Å². The van der Waals surface area contributed by atoms with E-state index in [1.807, 2.05) is 30.3 Å². The standard InChI is InChI=1S/C24H22N8O/c1-2-22(33)30-16-8-9-26-20(10-16)19-5-3-4-15-11-28-24(32-23(15)19)31-17-6-7-21(27-14-17)29-18-12-25-13-18/h2-11,14,18,25H,1,12-13H2,(H,27,29)(H,26,30,33)(H,28,31,32). The van der Waals surface area contributed by atoms with Crippen LogP contribution in [0, 0.1) is 0 Å². The van der Waals surface area contributed by atoms with Crippen LogP contribution in [-0.4, -0.2) is 45.0 Å². The lowest BCUT2D eigenvalue weighted by Crippen LogP contribution is -2.51. The minimum absolute atomic E-state index is 0.280. The lowest BCUT2D eigenvalue weighted by molar-refractivity contribution is -0.111. The van der Waals surface area contributed by atoms with Crippen LogP contribution in [0.25, 0.3) is 22.2 Å². The molecule has 164 valence electrons. The number of pyridine rings is 2. The van der Waals surface area contributed by atoms with Crippen molar-refractivity contribution in [2.75, 3.05) is 29.0 Å². The van der Waals surface area contributed by atoms with E-state index in [1.165, 1.54) is 6.08 Å². The molecule has 0 radical (unpaired) electrons. The number of nitrogens with one attached hydrogen (secondary N) is 4. The van der Waals surface area contributed by atoms with Gasteiger partial charge in [-0.15, -0.1) is 0 Å². The zero-order chi connectivity index (χ0) is 22.6. The number of para-hydroxylation sites is 1. The van der Waals surface area contributed by atoms with E-state index >= 15 is 0 Å². The molecular formula is C24H22N8O. The van der Waals surface area contributed by atoms with Crippen LogP contribution in [0.15, 0.2) is 73.7 Å². The van der Waals surface area contributed by atoms with E-state index in [0.717, 1.165) is 41.1 Å². The van der Waals surface area contributed by atoms with Gasteiger partial charge in [0, 0.05) is 42.1 Å². The lowest BCUT2D eigenvalue weighted by atomic mass is 10.1. The summed E-state index contributed by atoms with van der Waals surface area (Å²) in [6, 6.07) is 13.6. The molecule has 0 spiro atoms. The van der Waals surface area contributed by atoms with E-state index in [-0.39, 0.29) is 5.91 Å². The molecule has 0 atom stereocenters. The number of fused-ring (bicyclic) bond motifs is 1. The van der Waals surface area contributed by atoms with E-state index in [9.17, 15) is 4.79 Å². The van der Waals surface area contributed by atoms with E-state index < -0.39 is 0 Å². The molecule has 9 nitrogen and oxygen atoms in total. The van der Waals surface area contributed by atoms with Crippen LogP contribution in [0.1, 0.15) is 0 Å². The topological polar surface area (TPSA) is 117 Å². The van der Waals surface area contributed by atoms with Gasteiger partial charge in [-0.05, 0) is 30.3 Å². The van der Waals surface area contributed by atoms with Crippen molar-refractivity contribution in [2.45, 2.75) is 6.04 Å². The second-order valence-corrected chi connectivity index (χ2v) is 7.62. The molecule has 1 saturated heterocycles. The molecular weight excluding hydrogens is 416 g/mol. The highest BCUT2D eigenvalue weighted by molar-refractivity contribution is 5.99. The molecule has 0 saturated carbocycles. The summed E-state index contributed by atoms with van der Waals surface area (Å²) in [5.41, 5.74) is 3.69. The summed E-state index contributed by atoms with van der Waals surface area (Å²) in [5, 5.41) is 13.4. The number of carbonyl (C=O) groups is 1. The molecule has 1 aromatic carbocycles. The number of anilines is 4. The smallest absolute Gasteiger partial charge is 0.247 e. The number of carbonyl (C=O) groups excluding carboxylic acids is 1. The summed E-state index contributed by atoms with van der Waals surface area (Å²) in [5.74, 6) is 1.01. The van der Waals surface area contributed by atoms with Crippen LogP contribution >= 0.6 is 0 Å². The van der Waals surface area contributed by atoms with Gasteiger partial charge in [-0.1, -0.05) is 24.8 Å². The first-order valence-corrected chi connectivity index (χ1v) is 10.5. The molecule has 1 aliphatic rings. The van der Waals surface area contributed by atoms with Crippen LogP contribution in [0.4, 0.5) is 23.1 Å². The Labute approximate surface area is 190 Å². The van der Waals surface area contributed by atoms with Crippen LogP contribution in [-0.2, 0) is 4.79 Å². The lowest BCUT2D eigenvalue weighted by Gasteiger charge is -2.28. The molecule has 1 aliphatic heterocycles. The molecule has 1 fully saturated rings. The van der Waals surface area contributed by atoms with E-state index in [2.05, 4.69) is 42.8 Å². The summed E-state index contributed by atoms with van der Waals surface area (Å²) in [6.45, 7) is 5.39. The quantitative estimate of drug-likeness (QED) is 0.325. The van der Waals surface area contributed by atoms with Crippen molar-refractivity contribution in [1.82, 2.24) is 25.3 Å². The highest BCUT2D eigenvalue weighted by Crippen LogP contribution is 2.28. The molecule has 3 aromatic heterocycles. The maximum Gasteiger partial charge on any atom is 0.247 e. The Kier molecular flexibility index (Phi) is 5.61. The fraction of sp³-hybridized carbons (Fsp3) is 0.125. The Hall–Kier alpha value is -4.37. The summed E-state index contributed by atoms with van der Waals surface area (Å²) in [4.78, 5) is 29.8. The number of hydrogen-bond acceptors (Lipinski definition) is 8. The zero-order valence-corrected chi connectivity index (χ0v) is 17.7. The Bertz CT molecular complexity index is 1320. The summed E-state index contributed by atoms with van der Waals surface area (Å²) >= 11 is 0. The van der Waals surface area contributed by atoms with Gasteiger partial charge in [0.15, 0.2) is 0 Å². The van der Waals surface area contributed by atoms with Gasteiger partial charge in [-0.2, -0.15) is 0 Å². The van der Waals surface area contributed by atoms with Crippen LogP contribution in [0.3, 0.4) is 0 Å². The SMILES string of the molecule is C=CC(=O)Nc1ccnc(-c2cccc3cnc(Nc4ccc(NC5CNC5)nc4)nc23)c1. The Morgan fingerprint density at radius 1 is 1.06 bits per heavy atom. The van der Waals surface area contributed by atoms with Gasteiger partial charge < -0.3 is 21.3 Å². The van der Waals surface area contributed by atoms with Gasteiger partial charge in [-0.25, -0.2) is 15.0 Å². The third-order valence-corrected chi connectivity index (χ3v) is 5.25. The van der Waals surface area contributed by atoms with E-state index in [4.69, 9.17) is 4.98 Å². The van der Waals surface area contributed by atoms with Crippen LogP contribution < -0.4 is 21.3 Å². The van der Waals surface area contributed by atoms with Gasteiger partial charge in [0.1, 0.15) is 5.82 Å². The third kappa shape index (κ3) is 4.63. The molecule has 4 N–H and O–H groups in total. The molecule has 4 heterocycles. The highest BCUT2D eigenvalue weighted by Gasteiger charge is 2.16. The number of aromatic nitrogens is 4. The van der Waals surface area contributed by atoms with Crippen molar-refractivity contribution in [1.29, 1.82) is 0 Å². The van der Waals surface area contributed by atoms with Gasteiger partial charge in [0.05, 0.1) is 29.1 Å². The molecule has 33 heavy (non-hydrogen) atoms. The Balaban J connectivity index is 1.41. The normalized spacial score (nSPS) is 13.2. The fourth-order valence-corrected chi connectivity index (χ4v) is 3.45. The number of nitrogens with zero attached hydrogens (tertiary/aromatic N) is 4. The van der Waals surface area contributed by atoms with Crippen molar-refractivity contribution in [3.8, 4) is 11.3 Å². The second kappa shape index (κ2) is 9.01. The molecule has 0 aliphatic carbocycles. The molecule has 9 heteroatoms. The second-order valence-electron chi connectivity index (χ2n) is 7.62. The largest absolute Gasteiger partial charge is 0.365 e. The first kappa shape index (κ1) is 20.5. The van der Waals surface area contributed by atoms with Crippen LogP contribution in [0.5, 0.6) is 0 Å². The highest BCUT2D eigenvalue weighted by atomic mass is 16.1. The minimum Gasteiger partial charge on any atom is -0.365 e. The zero-order valence-electron chi connectivity index (χ0n) is 17.7. The predicted molar refractivity (Wildman–Crippen MR) is 129 cm³/mol. The molecule has 5 rings (SSSR count). The maximum atomic E-state index is 11.7. The predicted octanol–water partition coefficient (Wildman–Crippen LogP) is 3.34. The third-order valence-electron chi connectivity index (χ3n) is 5.25. The summed E-state index contributed by atoms with van der Waals surface area (Å²) < 4.78 is 0. The monoisotopic (exact) mass is 438 g/mol. The van der Waals surface area contributed by atoms with Gasteiger partial charge in [0.2, 0.25) is 11.9 Å². The first-order valence-electron chi connectivity index (χ1n) is 10.5. The fourth-order valence-electron chi connectivity index (χ4n) is 3.45. The summed E-state index contributed by atoms with van der Waals surface area (Å²) in [7, 11) is 0. The average Bonchev–Trinajstić information content (AvgIpc) is 2.82. The molecule has 1 amide bonds. The van der Waals surface area contributed by atoms with E-state index in [1.54, 1.807) is 30.7 Å². The van der Waals surface area contributed by atoms with Gasteiger partial charge >= 0.3 is 0 Å². The maximum absolute atomic E-state index is 11.7. The van der Waals surface area contributed by atoms with E-state index in [0.29, 0.717) is 23.4 Å². The number of amides is 1. The van der Waals surface area contributed by atoms with Crippen molar-refractivity contribution < 1.29 is 4.79 Å². The summed E-state index contributed by atoms with van der Waals surface area (Å²) in [6.07, 6.45) is 6.39. The van der Waals surface area contributed by atoms with Crippen molar-refractivity contribution in [3.05, 3.63) is 73.7 Å². The Morgan fingerprint density at radius 2 is 1.97 bits per heavy atom. The number of benzene rings is 1. The minimum atomic E-state index is -0.280. The van der Waals surface area contributed by atoms with Gasteiger partial charge in [0.25, 0.3) is 0 Å². The van der Waals surface area contributed by atoms with Crippen molar-refractivity contribution in [3.63, 3.8) is 0 Å². The Morgan fingerprint density at radius 3 is 2.73 bits per heavy atom. The molecule has 0 bridgehead atoms. The number of rotatable bonds is 7. The van der Waals surface area contributed by atoms with Crippen LogP contribution in [0.2, 0.25) is 0 Å². The first-order chi connectivity index (χ1) is 16.2. The van der Waals surface area contributed by atoms with Crippen molar-refractivity contribution >= 4 is 40.0 Å². The van der Waals surface area contributed by atoms with Gasteiger partial charge in [-0.3, -0.25) is 9.78 Å². The molecule has 4 aromatic rings. The molecule has 0 unspecified atom stereocenters. The average molecular weight is 438 g/mol. The number of hydrogen-bond donors (Lipinski definition) is 4.